The van der Waals surface area contributed by atoms with Gasteiger partial charge in [0.25, 0.3) is 0 Å². The summed E-state index contributed by atoms with van der Waals surface area (Å²) in [5.74, 6) is 0. The number of rotatable bonds is 6. The van der Waals surface area contributed by atoms with E-state index in [1.165, 1.54) is 24.1 Å². The van der Waals surface area contributed by atoms with Crippen molar-refractivity contribution < 1.29 is 0 Å². The van der Waals surface area contributed by atoms with E-state index in [-0.39, 0.29) is 6.04 Å². The molecule has 0 spiro atoms. The Kier molecular flexibility index (Phi) is 6.00. The van der Waals surface area contributed by atoms with Crippen molar-refractivity contribution in [1.29, 1.82) is 0 Å². The maximum Gasteiger partial charge on any atom is 0.0510 e. The molecule has 0 amide bonds. The first-order chi connectivity index (χ1) is 8.10. The minimum absolute atomic E-state index is 0.0890. The molecular weight excluding hydrogens is 276 g/mol. The summed E-state index contributed by atoms with van der Waals surface area (Å²) in [6, 6.07) is 6.52. The van der Waals surface area contributed by atoms with Crippen LogP contribution in [0.3, 0.4) is 0 Å². The first-order valence-corrected chi connectivity index (χ1v) is 7.19. The van der Waals surface area contributed by atoms with E-state index >= 15 is 0 Å². The van der Waals surface area contributed by atoms with Gasteiger partial charge in [0.15, 0.2) is 0 Å². The van der Waals surface area contributed by atoms with Crippen molar-refractivity contribution in [1.82, 2.24) is 0 Å². The molecule has 0 saturated heterocycles. The zero-order valence-electron chi connectivity index (χ0n) is 11.0. The molecule has 2 nitrogen and oxygen atoms in total. The Hall–Kier alpha value is -0.540. The number of halogens is 1. The van der Waals surface area contributed by atoms with Gasteiger partial charge in [0.2, 0.25) is 0 Å². The van der Waals surface area contributed by atoms with Gasteiger partial charge in [-0.05, 0) is 53.9 Å². The fraction of sp³-hybridized carbons (Fsp3) is 0.571. The summed E-state index contributed by atoms with van der Waals surface area (Å²) in [5, 5.41) is 0. The molecule has 0 aliphatic carbocycles. The van der Waals surface area contributed by atoms with Gasteiger partial charge >= 0.3 is 0 Å². The van der Waals surface area contributed by atoms with E-state index in [2.05, 4.69) is 52.9 Å². The number of nitrogens with two attached hydrogens (primary N) is 1. The molecule has 0 radical (unpaired) electrons. The van der Waals surface area contributed by atoms with Crippen molar-refractivity contribution >= 4 is 21.6 Å². The van der Waals surface area contributed by atoms with Crippen LogP contribution in [-0.2, 0) is 0 Å². The highest BCUT2D eigenvalue weighted by atomic mass is 79.9. The SMILES string of the molecule is CCCCN(CC)c1ccc(C(C)N)cc1Br. The Labute approximate surface area is 113 Å². The number of benzene rings is 1. The van der Waals surface area contributed by atoms with Crippen LogP contribution in [0.1, 0.15) is 45.2 Å². The molecule has 1 rings (SSSR count). The Morgan fingerprint density at radius 2 is 2.06 bits per heavy atom. The van der Waals surface area contributed by atoms with Gasteiger partial charge in [0, 0.05) is 23.6 Å². The molecule has 0 heterocycles. The molecule has 17 heavy (non-hydrogen) atoms. The van der Waals surface area contributed by atoms with Gasteiger partial charge < -0.3 is 10.6 Å². The standard InChI is InChI=1S/C14H23BrN2/c1-4-6-9-17(5-2)14-8-7-12(11(3)16)10-13(14)15/h7-8,10-11H,4-6,9,16H2,1-3H3. The lowest BCUT2D eigenvalue weighted by atomic mass is 10.1. The first kappa shape index (κ1) is 14.5. The second-order valence-corrected chi connectivity index (χ2v) is 5.29. The van der Waals surface area contributed by atoms with Gasteiger partial charge in [0.05, 0.1) is 5.69 Å². The fourth-order valence-electron chi connectivity index (χ4n) is 1.86. The molecule has 0 fully saturated rings. The summed E-state index contributed by atoms with van der Waals surface area (Å²) >= 11 is 3.65. The molecule has 0 saturated carbocycles. The molecule has 1 atom stereocenters. The first-order valence-electron chi connectivity index (χ1n) is 6.40. The van der Waals surface area contributed by atoms with Crippen LogP contribution in [0.5, 0.6) is 0 Å². The third-order valence-corrected chi connectivity index (χ3v) is 3.64. The zero-order chi connectivity index (χ0) is 12.8. The summed E-state index contributed by atoms with van der Waals surface area (Å²) < 4.78 is 1.14. The molecule has 0 aliphatic rings. The van der Waals surface area contributed by atoms with E-state index < -0.39 is 0 Å². The summed E-state index contributed by atoms with van der Waals surface area (Å²) in [5.41, 5.74) is 8.33. The smallest absolute Gasteiger partial charge is 0.0510 e. The van der Waals surface area contributed by atoms with Crippen LogP contribution in [0, 0.1) is 0 Å². The van der Waals surface area contributed by atoms with E-state index in [0.29, 0.717) is 0 Å². The van der Waals surface area contributed by atoms with Crippen LogP contribution < -0.4 is 10.6 Å². The van der Waals surface area contributed by atoms with Crippen molar-refractivity contribution in [3.8, 4) is 0 Å². The Morgan fingerprint density at radius 3 is 2.53 bits per heavy atom. The maximum atomic E-state index is 5.89. The lowest BCUT2D eigenvalue weighted by Crippen LogP contribution is -2.24. The van der Waals surface area contributed by atoms with Gasteiger partial charge in [-0.15, -0.1) is 0 Å². The summed E-state index contributed by atoms with van der Waals surface area (Å²) in [6.45, 7) is 8.58. The predicted molar refractivity (Wildman–Crippen MR) is 79.5 cm³/mol. The molecule has 96 valence electrons. The van der Waals surface area contributed by atoms with Crippen LogP contribution in [0.15, 0.2) is 22.7 Å². The normalized spacial score (nSPS) is 12.5. The molecule has 1 aromatic carbocycles. The average molecular weight is 299 g/mol. The molecule has 2 N–H and O–H groups in total. The highest BCUT2D eigenvalue weighted by molar-refractivity contribution is 9.10. The van der Waals surface area contributed by atoms with Crippen LogP contribution >= 0.6 is 15.9 Å². The number of anilines is 1. The van der Waals surface area contributed by atoms with E-state index in [1.54, 1.807) is 0 Å². The highest BCUT2D eigenvalue weighted by Gasteiger charge is 2.09. The molecule has 0 aromatic heterocycles. The van der Waals surface area contributed by atoms with Crippen LogP contribution in [0.2, 0.25) is 0 Å². The van der Waals surface area contributed by atoms with E-state index in [0.717, 1.165) is 17.6 Å². The lowest BCUT2D eigenvalue weighted by molar-refractivity contribution is 0.730. The molecule has 3 heteroatoms. The lowest BCUT2D eigenvalue weighted by Gasteiger charge is -2.25. The number of nitrogens with zero attached hydrogens (tertiary/aromatic N) is 1. The van der Waals surface area contributed by atoms with Crippen molar-refractivity contribution in [2.24, 2.45) is 5.73 Å². The van der Waals surface area contributed by atoms with Crippen LogP contribution in [0.4, 0.5) is 5.69 Å². The fourth-order valence-corrected chi connectivity index (χ4v) is 2.51. The summed E-state index contributed by atoms with van der Waals surface area (Å²) in [7, 11) is 0. The van der Waals surface area contributed by atoms with E-state index in [9.17, 15) is 0 Å². The van der Waals surface area contributed by atoms with Crippen LogP contribution in [-0.4, -0.2) is 13.1 Å². The third kappa shape index (κ3) is 4.00. The summed E-state index contributed by atoms with van der Waals surface area (Å²) in [6.07, 6.45) is 2.46. The Bertz CT molecular complexity index is 350. The zero-order valence-corrected chi connectivity index (χ0v) is 12.6. The summed E-state index contributed by atoms with van der Waals surface area (Å²) in [4.78, 5) is 2.40. The minimum atomic E-state index is 0.0890. The average Bonchev–Trinajstić information content (AvgIpc) is 2.31. The number of hydrogen-bond donors (Lipinski definition) is 1. The number of unbranched alkanes of at least 4 members (excludes halogenated alkanes) is 1. The Balaban J connectivity index is 2.88. The van der Waals surface area contributed by atoms with Gasteiger partial charge in [-0.1, -0.05) is 19.4 Å². The minimum Gasteiger partial charge on any atom is -0.371 e. The Morgan fingerprint density at radius 1 is 1.35 bits per heavy atom. The van der Waals surface area contributed by atoms with E-state index in [4.69, 9.17) is 5.73 Å². The monoisotopic (exact) mass is 298 g/mol. The van der Waals surface area contributed by atoms with E-state index in [1.807, 2.05) is 6.92 Å². The van der Waals surface area contributed by atoms with Gasteiger partial charge in [-0.3, -0.25) is 0 Å². The van der Waals surface area contributed by atoms with Gasteiger partial charge in [-0.2, -0.15) is 0 Å². The van der Waals surface area contributed by atoms with Crippen LogP contribution in [0.25, 0.3) is 0 Å². The third-order valence-electron chi connectivity index (χ3n) is 3.00. The molecule has 0 aliphatic heterocycles. The molecule has 0 bridgehead atoms. The maximum absolute atomic E-state index is 5.89. The predicted octanol–water partition coefficient (Wildman–Crippen LogP) is 4.10. The quantitative estimate of drug-likeness (QED) is 0.857. The van der Waals surface area contributed by atoms with Crippen molar-refractivity contribution in [2.75, 3.05) is 18.0 Å². The van der Waals surface area contributed by atoms with Crippen molar-refractivity contribution in [2.45, 2.75) is 39.7 Å². The number of hydrogen-bond acceptors (Lipinski definition) is 2. The second kappa shape index (κ2) is 7.02. The van der Waals surface area contributed by atoms with Crippen molar-refractivity contribution in [3.05, 3.63) is 28.2 Å². The second-order valence-electron chi connectivity index (χ2n) is 4.43. The molecular formula is C14H23BrN2. The largest absolute Gasteiger partial charge is 0.371 e. The van der Waals surface area contributed by atoms with Gasteiger partial charge in [-0.25, -0.2) is 0 Å². The highest BCUT2D eigenvalue weighted by Crippen LogP contribution is 2.29. The van der Waals surface area contributed by atoms with Gasteiger partial charge in [0.1, 0.15) is 0 Å². The molecule has 1 aromatic rings. The topological polar surface area (TPSA) is 29.3 Å². The molecule has 1 unspecified atom stereocenters. The van der Waals surface area contributed by atoms with Crippen molar-refractivity contribution in [3.63, 3.8) is 0 Å².